The van der Waals surface area contributed by atoms with Crippen molar-refractivity contribution in [3.8, 4) is 18.1 Å². The van der Waals surface area contributed by atoms with Crippen LogP contribution in [0.4, 0.5) is 0 Å². The van der Waals surface area contributed by atoms with E-state index >= 15 is 0 Å². The molecule has 2 aromatic carbocycles. The Morgan fingerprint density at radius 3 is 1.90 bits per heavy atom. The van der Waals surface area contributed by atoms with Gasteiger partial charge in [-0.25, -0.2) is 4.79 Å². The van der Waals surface area contributed by atoms with Crippen molar-refractivity contribution in [1.82, 2.24) is 0 Å². The lowest BCUT2D eigenvalue weighted by molar-refractivity contribution is 0.0696. The van der Waals surface area contributed by atoms with E-state index in [9.17, 15) is 9.59 Å². The lowest BCUT2D eigenvalue weighted by atomic mass is 10.0. The van der Waals surface area contributed by atoms with Crippen LogP contribution in [-0.2, 0) is 0 Å². The maximum atomic E-state index is 12.2. The predicted molar refractivity (Wildman–Crippen MR) is 77.6 cm³/mol. The monoisotopic (exact) mass is 280 g/mol. The molecule has 2 rings (SSSR count). The smallest absolute Gasteiger partial charge is 0.335 e. The fraction of sp³-hybridized carbons (Fsp3) is 0.0588. The maximum absolute atomic E-state index is 12.2. The molecule has 0 aliphatic carbocycles. The molecule has 0 saturated carbocycles. The van der Waals surface area contributed by atoms with Crippen LogP contribution in [0.3, 0.4) is 0 Å². The highest BCUT2D eigenvalue weighted by Crippen LogP contribution is 2.16. The molecule has 1 N–H and O–H groups in total. The minimum atomic E-state index is -1.02. The molecule has 0 fully saturated rings. The number of carbonyl (C=O) groups is 2. The number of terminal acetylenes is 1. The fourth-order valence-electron chi connectivity index (χ4n) is 1.76. The first-order valence-electron chi connectivity index (χ1n) is 6.16. The third-order valence-electron chi connectivity index (χ3n) is 2.83. The van der Waals surface area contributed by atoms with Crippen molar-refractivity contribution in [1.29, 1.82) is 0 Å². The molecule has 104 valence electrons. The number of aromatic carboxylic acids is 1. The summed E-state index contributed by atoms with van der Waals surface area (Å²) >= 11 is 0. The second-order valence-electron chi connectivity index (χ2n) is 4.23. The lowest BCUT2D eigenvalue weighted by Crippen LogP contribution is -2.03. The average molecular weight is 280 g/mol. The number of carbonyl (C=O) groups excluding carboxylic acids is 1. The SMILES string of the molecule is C#CCOc1ccc(C(=O)c2ccc(C(=O)O)cc2)cc1. The largest absolute Gasteiger partial charge is 0.481 e. The van der Waals surface area contributed by atoms with Gasteiger partial charge in [-0.2, -0.15) is 0 Å². The molecule has 0 unspecified atom stereocenters. The number of benzene rings is 2. The first-order valence-corrected chi connectivity index (χ1v) is 6.16. The van der Waals surface area contributed by atoms with Crippen molar-refractivity contribution in [2.24, 2.45) is 0 Å². The van der Waals surface area contributed by atoms with Crippen LogP contribution in [0, 0.1) is 12.3 Å². The Bertz CT molecular complexity index is 691. The zero-order valence-corrected chi connectivity index (χ0v) is 11.1. The lowest BCUT2D eigenvalue weighted by Gasteiger charge is -2.05. The number of carboxylic acids is 1. The quantitative estimate of drug-likeness (QED) is 0.675. The Morgan fingerprint density at radius 2 is 1.43 bits per heavy atom. The zero-order chi connectivity index (χ0) is 15.2. The molecule has 0 aliphatic rings. The molecule has 0 amide bonds. The van der Waals surface area contributed by atoms with Gasteiger partial charge in [0.25, 0.3) is 0 Å². The minimum Gasteiger partial charge on any atom is -0.481 e. The first kappa shape index (κ1) is 14.4. The summed E-state index contributed by atoms with van der Waals surface area (Å²) in [6, 6.07) is 12.4. The summed E-state index contributed by atoms with van der Waals surface area (Å²) in [6.07, 6.45) is 5.09. The Kier molecular flexibility index (Phi) is 4.37. The van der Waals surface area contributed by atoms with Gasteiger partial charge in [0.2, 0.25) is 0 Å². The van der Waals surface area contributed by atoms with E-state index in [2.05, 4.69) is 5.92 Å². The Labute approximate surface area is 122 Å². The standard InChI is InChI=1S/C17H12O4/c1-2-11-21-15-9-7-13(8-10-15)16(18)12-3-5-14(6-4-12)17(19)20/h1,3-10H,11H2,(H,19,20). The first-order chi connectivity index (χ1) is 10.1. The molecule has 0 atom stereocenters. The molecule has 4 nitrogen and oxygen atoms in total. The van der Waals surface area contributed by atoms with Crippen molar-refractivity contribution in [3.63, 3.8) is 0 Å². The number of rotatable bonds is 5. The molecule has 0 aliphatic heterocycles. The Hall–Kier alpha value is -3.06. The zero-order valence-electron chi connectivity index (χ0n) is 11.1. The van der Waals surface area contributed by atoms with Crippen LogP contribution in [0.25, 0.3) is 0 Å². The molecule has 2 aromatic rings. The van der Waals surface area contributed by atoms with Gasteiger partial charge >= 0.3 is 5.97 Å². The van der Waals surface area contributed by atoms with Gasteiger partial charge in [-0.15, -0.1) is 6.42 Å². The minimum absolute atomic E-state index is 0.143. The highest BCUT2D eigenvalue weighted by Gasteiger charge is 2.10. The molecule has 0 bridgehead atoms. The van der Waals surface area contributed by atoms with Gasteiger partial charge in [0.15, 0.2) is 5.78 Å². The van der Waals surface area contributed by atoms with Crippen LogP contribution >= 0.6 is 0 Å². The van der Waals surface area contributed by atoms with Crippen LogP contribution in [0.1, 0.15) is 26.3 Å². The van der Waals surface area contributed by atoms with Crippen molar-refractivity contribution in [2.75, 3.05) is 6.61 Å². The second-order valence-corrected chi connectivity index (χ2v) is 4.23. The van der Waals surface area contributed by atoms with Gasteiger partial charge in [-0.05, 0) is 36.4 Å². The molecule has 4 heteroatoms. The van der Waals surface area contributed by atoms with Gasteiger partial charge in [-0.1, -0.05) is 18.1 Å². The fourth-order valence-corrected chi connectivity index (χ4v) is 1.76. The molecule has 0 heterocycles. The van der Waals surface area contributed by atoms with E-state index in [1.54, 1.807) is 24.3 Å². The van der Waals surface area contributed by atoms with Crippen LogP contribution in [0.5, 0.6) is 5.75 Å². The number of ether oxygens (including phenoxy) is 1. The van der Waals surface area contributed by atoms with Crippen LogP contribution in [0.2, 0.25) is 0 Å². The van der Waals surface area contributed by atoms with E-state index in [4.69, 9.17) is 16.3 Å². The van der Waals surface area contributed by atoms with Crippen LogP contribution in [-0.4, -0.2) is 23.5 Å². The van der Waals surface area contributed by atoms with E-state index in [1.165, 1.54) is 24.3 Å². The van der Waals surface area contributed by atoms with E-state index in [1.807, 2.05) is 0 Å². The molecule has 0 spiro atoms. The van der Waals surface area contributed by atoms with Crippen molar-refractivity contribution in [2.45, 2.75) is 0 Å². The summed E-state index contributed by atoms with van der Waals surface area (Å²) in [5.41, 5.74) is 1.06. The molecular formula is C17H12O4. The predicted octanol–water partition coefficient (Wildman–Crippen LogP) is 2.63. The summed E-state index contributed by atoms with van der Waals surface area (Å²) < 4.78 is 5.23. The van der Waals surface area contributed by atoms with E-state index < -0.39 is 5.97 Å². The Morgan fingerprint density at radius 1 is 0.952 bits per heavy atom. The molecule has 21 heavy (non-hydrogen) atoms. The molecular weight excluding hydrogens is 268 g/mol. The maximum Gasteiger partial charge on any atom is 0.335 e. The van der Waals surface area contributed by atoms with Crippen molar-refractivity contribution in [3.05, 3.63) is 65.2 Å². The highest BCUT2D eigenvalue weighted by molar-refractivity contribution is 6.09. The highest BCUT2D eigenvalue weighted by atomic mass is 16.5. The Balaban J connectivity index is 2.16. The summed E-state index contributed by atoms with van der Waals surface area (Å²) in [4.78, 5) is 23.0. The third kappa shape index (κ3) is 3.48. The van der Waals surface area contributed by atoms with Gasteiger partial charge in [0, 0.05) is 11.1 Å². The van der Waals surface area contributed by atoms with E-state index in [0.29, 0.717) is 16.9 Å². The third-order valence-corrected chi connectivity index (χ3v) is 2.83. The summed E-state index contributed by atoms with van der Waals surface area (Å²) in [5, 5.41) is 8.82. The van der Waals surface area contributed by atoms with Gasteiger partial charge in [0.1, 0.15) is 12.4 Å². The van der Waals surface area contributed by atoms with Crippen molar-refractivity contribution < 1.29 is 19.4 Å². The molecule has 0 radical (unpaired) electrons. The van der Waals surface area contributed by atoms with Gasteiger partial charge < -0.3 is 9.84 Å². The number of carboxylic acid groups (broad SMARTS) is 1. The number of hydrogen-bond donors (Lipinski definition) is 1. The topological polar surface area (TPSA) is 63.6 Å². The molecule has 0 saturated heterocycles. The van der Waals surface area contributed by atoms with Crippen LogP contribution < -0.4 is 4.74 Å². The summed E-state index contributed by atoms with van der Waals surface area (Å²) in [6.45, 7) is 0.171. The van der Waals surface area contributed by atoms with Crippen LogP contribution in [0.15, 0.2) is 48.5 Å². The normalized spacial score (nSPS) is 9.67. The second kappa shape index (κ2) is 6.40. The molecule has 0 aromatic heterocycles. The number of ketones is 1. The van der Waals surface area contributed by atoms with Gasteiger partial charge in [0.05, 0.1) is 5.56 Å². The summed E-state index contributed by atoms with van der Waals surface area (Å²) in [7, 11) is 0. The number of hydrogen-bond acceptors (Lipinski definition) is 3. The van der Waals surface area contributed by atoms with E-state index in [-0.39, 0.29) is 18.0 Å². The van der Waals surface area contributed by atoms with Crippen molar-refractivity contribution >= 4 is 11.8 Å². The van der Waals surface area contributed by atoms with E-state index in [0.717, 1.165) is 0 Å². The average Bonchev–Trinajstić information content (AvgIpc) is 2.53. The summed E-state index contributed by atoms with van der Waals surface area (Å²) in [5.74, 6) is 1.74. The van der Waals surface area contributed by atoms with Gasteiger partial charge in [-0.3, -0.25) is 4.79 Å².